The topological polar surface area (TPSA) is 36.4 Å². The van der Waals surface area contributed by atoms with Crippen molar-refractivity contribution in [3.8, 4) is 0 Å². The van der Waals surface area contributed by atoms with E-state index in [0.717, 1.165) is 37.9 Å². The highest BCUT2D eigenvalue weighted by Crippen LogP contribution is 2.51. The molecule has 148 valence electrons. The first-order valence-corrected chi connectivity index (χ1v) is 10.4. The zero-order valence-electron chi connectivity index (χ0n) is 17.1. The zero-order valence-corrected chi connectivity index (χ0v) is 17.1. The molecule has 1 amide bonds. The van der Waals surface area contributed by atoms with E-state index in [2.05, 4.69) is 59.2 Å². The highest BCUT2D eigenvalue weighted by Gasteiger charge is 2.48. The summed E-state index contributed by atoms with van der Waals surface area (Å²) in [6, 6.07) is 14.8. The lowest BCUT2D eigenvalue weighted by Crippen LogP contribution is -2.47. The van der Waals surface area contributed by atoms with E-state index in [0.29, 0.717) is 11.8 Å². The first kappa shape index (κ1) is 19.1. The molecule has 2 aromatic rings. The van der Waals surface area contributed by atoms with Gasteiger partial charge < -0.3 is 4.90 Å². The smallest absolute Gasteiger partial charge is 0.227 e. The van der Waals surface area contributed by atoms with Gasteiger partial charge in [0.1, 0.15) is 0 Å². The van der Waals surface area contributed by atoms with Crippen molar-refractivity contribution in [3.05, 3.63) is 66.0 Å². The summed E-state index contributed by atoms with van der Waals surface area (Å²) in [7, 11) is 4.42. The Labute approximate surface area is 168 Å². The van der Waals surface area contributed by atoms with E-state index in [-0.39, 0.29) is 11.4 Å². The Balaban J connectivity index is 1.42. The summed E-state index contributed by atoms with van der Waals surface area (Å²) < 4.78 is 0. The molecule has 1 saturated carbocycles. The number of carbonyl (C=O) groups excluding carboxylic acids is 1. The lowest BCUT2D eigenvalue weighted by Gasteiger charge is -2.49. The predicted octanol–water partition coefficient (Wildman–Crippen LogP) is 3.87. The van der Waals surface area contributed by atoms with Gasteiger partial charge in [-0.15, -0.1) is 0 Å². The number of amides is 1. The van der Waals surface area contributed by atoms with E-state index in [1.807, 2.05) is 12.1 Å². The van der Waals surface area contributed by atoms with Gasteiger partial charge in [-0.2, -0.15) is 0 Å². The molecule has 0 bridgehead atoms. The van der Waals surface area contributed by atoms with Crippen LogP contribution < -0.4 is 0 Å². The van der Waals surface area contributed by atoms with Crippen molar-refractivity contribution in [1.82, 2.24) is 14.8 Å². The predicted molar refractivity (Wildman–Crippen MR) is 112 cm³/mol. The molecule has 1 aromatic heterocycles. The Morgan fingerprint density at radius 1 is 1.04 bits per heavy atom. The van der Waals surface area contributed by atoms with E-state index in [1.54, 1.807) is 12.4 Å². The highest BCUT2D eigenvalue weighted by molar-refractivity contribution is 5.79. The Bertz CT molecular complexity index is 795. The van der Waals surface area contributed by atoms with Crippen molar-refractivity contribution in [2.45, 2.75) is 44.1 Å². The Hall–Kier alpha value is -2.20. The lowest BCUT2D eigenvalue weighted by molar-refractivity contribution is -0.130. The first-order chi connectivity index (χ1) is 13.5. The van der Waals surface area contributed by atoms with Gasteiger partial charge in [-0.25, -0.2) is 0 Å². The molecule has 1 aromatic carbocycles. The third kappa shape index (κ3) is 3.58. The van der Waals surface area contributed by atoms with Crippen LogP contribution in [0.15, 0.2) is 54.9 Å². The van der Waals surface area contributed by atoms with Crippen LogP contribution in [0, 0.1) is 5.41 Å². The summed E-state index contributed by atoms with van der Waals surface area (Å²) in [5.74, 6) is 0.248. The minimum atomic E-state index is 0.125. The molecule has 4 nitrogen and oxygen atoms in total. The van der Waals surface area contributed by atoms with Crippen molar-refractivity contribution >= 4 is 5.91 Å². The van der Waals surface area contributed by atoms with Crippen molar-refractivity contribution in [1.29, 1.82) is 0 Å². The number of likely N-dealkylation sites (tertiary alicyclic amines) is 1. The fourth-order valence-electron chi connectivity index (χ4n) is 5.28. The Morgan fingerprint density at radius 2 is 1.79 bits per heavy atom. The fourth-order valence-corrected chi connectivity index (χ4v) is 5.28. The van der Waals surface area contributed by atoms with Crippen LogP contribution in [0.2, 0.25) is 0 Å². The number of benzene rings is 1. The van der Waals surface area contributed by atoms with Gasteiger partial charge in [0, 0.05) is 31.0 Å². The average molecular weight is 378 g/mol. The minimum absolute atomic E-state index is 0.125. The monoisotopic (exact) mass is 377 g/mol. The third-order valence-electron chi connectivity index (χ3n) is 7.17. The normalized spacial score (nSPS) is 27.5. The summed E-state index contributed by atoms with van der Waals surface area (Å²) in [6.07, 6.45) is 9.87. The Morgan fingerprint density at radius 3 is 2.43 bits per heavy atom. The number of pyridine rings is 1. The molecule has 0 N–H and O–H groups in total. The van der Waals surface area contributed by atoms with Crippen LogP contribution in [-0.2, 0) is 16.8 Å². The minimum Gasteiger partial charge on any atom is -0.342 e. The van der Waals surface area contributed by atoms with Crippen LogP contribution in [0.5, 0.6) is 0 Å². The maximum absolute atomic E-state index is 12.8. The van der Waals surface area contributed by atoms with Crippen LogP contribution in [0.25, 0.3) is 0 Å². The molecule has 4 rings (SSSR count). The molecule has 2 fully saturated rings. The number of hydrogen-bond acceptors (Lipinski definition) is 3. The zero-order chi connectivity index (χ0) is 19.6. The van der Waals surface area contributed by atoms with E-state index >= 15 is 0 Å². The van der Waals surface area contributed by atoms with Gasteiger partial charge in [-0.1, -0.05) is 36.4 Å². The summed E-state index contributed by atoms with van der Waals surface area (Å²) in [6.45, 7) is 1.82. The molecule has 0 unspecified atom stereocenters. The molecule has 4 heteroatoms. The quantitative estimate of drug-likeness (QED) is 0.811. The molecule has 2 heterocycles. The van der Waals surface area contributed by atoms with Gasteiger partial charge in [0.25, 0.3) is 0 Å². The van der Waals surface area contributed by atoms with Gasteiger partial charge in [0.05, 0.1) is 6.42 Å². The molecule has 1 aliphatic heterocycles. The summed E-state index contributed by atoms with van der Waals surface area (Å²) in [5.41, 5.74) is 2.86. The number of nitrogens with zero attached hydrogens (tertiary/aromatic N) is 3. The van der Waals surface area contributed by atoms with E-state index in [1.165, 1.54) is 18.4 Å². The molecule has 1 saturated heterocycles. The number of hydrogen-bond donors (Lipinski definition) is 0. The largest absolute Gasteiger partial charge is 0.342 e. The van der Waals surface area contributed by atoms with Crippen LogP contribution in [0.3, 0.4) is 0 Å². The van der Waals surface area contributed by atoms with Crippen LogP contribution >= 0.6 is 0 Å². The number of aromatic nitrogens is 1. The van der Waals surface area contributed by atoms with Crippen LogP contribution in [0.1, 0.15) is 43.2 Å². The van der Waals surface area contributed by atoms with Crippen molar-refractivity contribution < 1.29 is 4.79 Å². The summed E-state index contributed by atoms with van der Waals surface area (Å²) >= 11 is 0. The van der Waals surface area contributed by atoms with Gasteiger partial charge in [-0.3, -0.25) is 14.7 Å². The second kappa shape index (κ2) is 7.67. The van der Waals surface area contributed by atoms with Crippen LogP contribution in [0.4, 0.5) is 0 Å². The first-order valence-electron chi connectivity index (χ1n) is 10.4. The van der Waals surface area contributed by atoms with Gasteiger partial charge >= 0.3 is 0 Å². The lowest BCUT2D eigenvalue weighted by atomic mass is 9.64. The molecule has 1 aliphatic carbocycles. The van der Waals surface area contributed by atoms with Crippen molar-refractivity contribution in [2.24, 2.45) is 5.41 Å². The molecule has 1 spiro atoms. The second-order valence-electron chi connectivity index (χ2n) is 8.90. The van der Waals surface area contributed by atoms with E-state index in [9.17, 15) is 4.79 Å². The second-order valence-corrected chi connectivity index (χ2v) is 8.90. The number of rotatable bonds is 4. The molecule has 0 radical (unpaired) electrons. The van der Waals surface area contributed by atoms with Crippen molar-refractivity contribution in [2.75, 3.05) is 27.2 Å². The van der Waals surface area contributed by atoms with Crippen LogP contribution in [-0.4, -0.2) is 47.9 Å². The van der Waals surface area contributed by atoms with Gasteiger partial charge in [-0.05, 0) is 68.8 Å². The SMILES string of the molecule is CN(C)[C@]1(c2ccccc2)CC[C@]2(CCN(C(=O)Cc3cccnc3)C2)CC1. The maximum atomic E-state index is 12.8. The van der Waals surface area contributed by atoms with Crippen molar-refractivity contribution in [3.63, 3.8) is 0 Å². The molecule has 28 heavy (non-hydrogen) atoms. The average Bonchev–Trinajstić information content (AvgIpc) is 3.14. The summed E-state index contributed by atoms with van der Waals surface area (Å²) in [4.78, 5) is 21.4. The molecular weight excluding hydrogens is 346 g/mol. The highest BCUT2D eigenvalue weighted by atomic mass is 16.2. The number of carbonyl (C=O) groups is 1. The maximum Gasteiger partial charge on any atom is 0.227 e. The molecular formula is C24H31N3O. The summed E-state index contributed by atoms with van der Waals surface area (Å²) in [5, 5.41) is 0. The van der Waals surface area contributed by atoms with Gasteiger partial charge in [0.2, 0.25) is 5.91 Å². The van der Waals surface area contributed by atoms with E-state index < -0.39 is 0 Å². The molecule has 2 aliphatic rings. The standard InChI is InChI=1S/C24H31N3O/c1-26(2)24(21-8-4-3-5-9-21)12-10-23(11-13-24)14-16-27(19-23)22(28)17-20-7-6-15-25-18-20/h3-9,15,18H,10-14,16-17,19H2,1-2H3/t23-,24-. The fraction of sp³-hybridized carbons (Fsp3) is 0.500. The molecule has 0 atom stereocenters. The third-order valence-corrected chi connectivity index (χ3v) is 7.17. The van der Waals surface area contributed by atoms with E-state index in [4.69, 9.17) is 0 Å². The Kier molecular flexibility index (Phi) is 5.24. The van der Waals surface area contributed by atoms with Gasteiger partial charge in [0.15, 0.2) is 0 Å².